The van der Waals surface area contributed by atoms with Gasteiger partial charge < -0.3 is 5.32 Å². The molecule has 0 unspecified atom stereocenters. The molecule has 0 aromatic rings. The summed E-state index contributed by atoms with van der Waals surface area (Å²) in [5.41, 5.74) is 4.31. The summed E-state index contributed by atoms with van der Waals surface area (Å²) in [6.45, 7) is 14.0. The minimum Gasteiger partial charge on any atom is -0.314 e. The molecule has 0 bridgehead atoms. The normalized spacial score (nSPS) is 13.9. The van der Waals surface area contributed by atoms with Crippen molar-refractivity contribution in [1.82, 2.24) is 20.7 Å². The highest BCUT2D eigenvalue weighted by molar-refractivity contribution is 6.06. The zero-order valence-electron chi connectivity index (χ0n) is 15.7. The Kier molecular flexibility index (Phi) is 11.1. The molecule has 0 fully saturated rings. The topological polar surface area (TPSA) is 67.6 Å². The zero-order valence-corrected chi connectivity index (χ0v) is 15.7. The fraction of sp³-hybridized carbons (Fsp3) is 0.688. The Labute approximate surface area is 141 Å². The van der Waals surface area contributed by atoms with Crippen LogP contribution in [0.2, 0.25) is 0 Å². The molecular formula is C16H33N7. The molecule has 0 saturated carbocycles. The molecule has 7 heteroatoms. The van der Waals surface area contributed by atoms with Crippen molar-refractivity contribution in [3.05, 3.63) is 12.8 Å². The van der Waals surface area contributed by atoms with E-state index in [-0.39, 0.29) is 0 Å². The van der Waals surface area contributed by atoms with Crippen LogP contribution in [0.15, 0.2) is 27.8 Å². The van der Waals surface area contributed by atoms with Crippen LogP contribution in [0.4, 0.5) is 0 Å². The van der Waals surface area contributed by atoms with E-state index in [1.807, 2.05) is 27.9 Å². The third kappa shape index (κ3) is 8.01. The van der Waals surface area contributed by atoms with Crippen molar-refractivity contribution in [2.24, 2.45) is 15.0 Å². The van der Waals surface area contributed by atoms with Gasteiger partial charge in [0.15, 0.2) is 0 Å². The Hall–Kier alpha value is -1.57. The Morgan fingerprint density at radius 1 is 1.30 bits per heavy atom. The molecule has 0 aliphatic rings. The van der Waals surface area contributed by atoms with Gasteiger partial charge in [-0.2, -0.15) is 0 Å². The van der Waals surface area contributed by atoms with E-state index in [4.69, 9.17) is 4.99 Å². The van der Waals surface area contributed by atoms with Crippen molar-refractivity contribution in [2.75, 3.05) is 40.8 Å². The van der Waals surface area contributed by atoms with Gasteiger partial charge >= 0.3 is 0 Å². The first-order valence-electron chi connectivity index (χ1n) is 7.98. The number of hydrogen-bond donors (Lipinski definition) is 2. The third-order valence-corrected chi connectivity index (χ3v) is 3.32. The molecule has 132 valence electrons. The molecule has 0 amide bonds. The highest BCUT2D eigenvalue weighted by Crippen LogP contribution is 2.00. The van der Waals surface area contributed by atoms with Crippen LogP contribution in [0.5, 0.6) is 0 Å². The summed E-state index contributed by atoms with van der Waals surface area (Å²) < 4.78 is 0. The van der Waals surface area contributed by atoms with Gasteiger partial charge in [-0.25, -0.2) is 15.4 Å². The van der Waals surface area contributed by atoms with Gasteiger partial charge in [0.1, 0.15) is 5.84 Å². The third-order valence-electron chi connectivity index (χ3n) is 3.32. The fourth-order valence-corrected chi connectivity index (χ4v) is 1.66. The average molecular weight is 323 g/mol. The Bertz CT molecular complexity index is 438. The Morgan fingerprint density at radius 3 is 2.39 bits per heavy atom. The van der Waals surface area contributed by atoms with Crippen molar-refractivity contribution >= 4 is 17.5 Å². The number of nitrogens with zero attached hydrogens (tertiary/aromatic N) is 5. The van der Waals surface area contributed by atoms with Crippen molar-refractivity contribution in [1.29, 1.82) is 0 Å². The average Bonchev–Trinajstić information content (AvgIpc) is 2.52. The Balaban J connectivity index is 5.35. The lowest BCUT2D eigenvalue weighted by Gasteiger charge is -2.23. The quantitative estimate of drug-likeness (QED) is 0.402. The van der Waals surface area contributed by atoms with Gasteiger partial charge in [-0.15, -0.1) is 0 Å². The predicted molar refractivity (Wildman–Crippen MR) is 101 cm³/mol. The first-order valence-corrected chi connectivity index (χ1v) is 7.98. The molecule has 0 heterocycles. The number of aliphatic imine (C=N–C) groups is 3. The van der Waals surface area contributed by atoms with Crippen LogP contribution in [0.3, 0.4) is 0 Å². The van der Waals surface area contributed by atoms with Crippen LogP contribution in [0, 0.1) is 0 Å². The summed E-state index contributed by atoms with van der Waals surface area (Å²) in [5.74, 6) is 1.40. The zero-order chi connectivity index (χ0) is 17.8. The van der Waals surface area contributed by atoms with Crippen LogP contribution in [0.1, 0.15) is 27.7 Å². The van der Waals surface area contributed by atoms with Crippen LogP contribution in [-0.4, -0.2) is 74.2 Å². The molecule has 23 heavy (non-hydrogen) atoms. The number of hydrazine groups is 1. The molecule has 0 radical (unpaired) electrons. The van der Waals surface area contributed by atoms with Gasteiger partial charge in [0.25, 0.3) is 0 Å². The molecule has 0 spiro atoms. The molecule has 0 aromatic heterocycles. The number of nitrogens with one attached hydrogen (secondary N) is 2. The number of hydrogen-bond acceptors (Lipinski definition) is 5. The smallest absolute Gasteiger partial charge is 0.230 e. The first kappa shape index (κ1) is 21.4. The molecule has 2 N–H and O–H groups in total. The SMILES string of the molecule is C=CN(/C(C)=N\C)C(/N=C(\CNC)CNN(C)C(C)C)=N/CC. The molecule has 0 rings (SSSR count). The van der Waals surface area contributed by atoms with E-state index < -0.39 is 0 Å². The van der Waals surface area contributed by atoms with Crippen molar-refractivity contribution in [2.45, 2.75) is 33.7 Å². The second kappa shape index (κ2) is 11.9. The van der Waals surface area contributed by atoms with Gasteiger partial charge in [0, 0.05) is 39.4 Å². The second-order valence-corrected chi connectivity index (χ2v) is 5.35. The minimum atomic E-state index is 0.411. The molecule has 0 aliphatic carbocycles. The second-order valence-electron chi connectivity index (χ2n) is 5.35. The molecule has 0 aliphatic heterocycles. The van der Waals surface area contributed by atoms with E-state index in [1.54, 1.807) is 18.1 Å². The fourth-order valence-electron chi connectivity index (χ4n) is 1.66. The first-order chi connectivity index (χ1) is 10.9. The summed E-state index contributed by atoms with van der Waals surface area (Å²) in [7, 11) is 5.67. The molecule has 7 nitrogen and oxygen atoms in total. The van der Waals surface area contributed by atoms with Gasteiger partial charge in [-0.3, -0.25) is 14.9 Å². The van der Waals surface area contributed by atoms with Crippen molar-refractivity contribution in [3.63, 3.8) is 0 Å². The number of guanidine groups is 1. The monoisotopic (exact) mass is 323 g/mol. The lowest BCUT2D eigenvalue weighted by Crippen LogP contribution is -2.44. The largest absolute Gasteiger partial charge is 0.314 e. The molecule has 0 aromatic carbocycles. The summed E-state index contributed by atoms with van der Waals surface area (Å²) in [6.07, 6.45) is 1.69. The number of amidine groups is 1. The minimum absolute atomic E-state index is 0.411. The van der Waals surface area contributed by atoms with Crippen LogP contribution in [0.25, 0.3) is 0 Å². The molecular weight excluding hydrogens is 290 g/mol. The van der Waals surface area contributed by atoms with Gasteiger partial charge in [0.05, 0.1) is 12.3 Å². The predicted octanol–water partition coefficient (Wildman–Crippen LogP) is 1.36. The standard InChI is InChI=1S/C16H33N7/c1-9-19-16(23(10-2)14(5)18-7)21-15(11-17-6)12-20-22(8)13(3)4/h10,13,17,20H,2,9,11-12H2,1,3-8H3/b18-14-,19-16+,21-15+. The van der Waals surface area contributed by atoms with E-state index in [0.717, 1.165) is 11.5 Å². The highest BCUT2D eigenvalue weighted by atomic mass is 15.5. The molecule has 0 saturated heterocycles. The van der Waals surface area contributed by atoms with Gasteiger partial charge in [0.2, 0.25) is 5.96 Å². The lowest BCUT2D eigenvalue weighted by atomic mass is 10.3. The lowest BCUT2D eigenvalue weighted by molar-refractivity contribution is 0.199. The molecule has 0 atom stereocenters. The summed E-state index contributed by atoms with van der Waals surface area (Å²) in [4.78, 5) is 15.2. The van der Waals surface area contributed by atoms with E-state index in [1.165, 1.54) is 0 Å². The van der Waals surface area contributed by atoms with Crippen LogP contribution >= 0.6 is 0 Å². The summed E-state index contributed by atoms with van der Waals surface area (Å²) in [6, 6.07) is 0.411. The van der Waals surface area contributed by atoms with Gasteiger partial charge in [-0.05, 0) is 34.7 Å². The van der Waals surface area contributed by atoms with Crippen LogP contribution in [-0.2, 0) is 0 Å². The van der Waals surface area contributed by atoms with Crippen molar-refractivity contribution < 1.29 is 0 Å². The summed E-state index contributed by atoms with van der Waals surface area (Å²) in [5, 5.41) is 5.21. The summed E-state index contributed by atoms with van der Waals surface area (Å²) >= 11 is 0. The maximum Gasteiger partial charge on any atom is 0.230 e. The van der Waals surface area contributed by atoms with E-state index >= 15 is 0 Å². The van der Waals surface area contributed by atoms with Crippen molar-refractivity contribution in [3.8, 4) is 0 Å². The Morgan fingerprint density at radius 2 is 1.96 bits per heavy atom. The van der Waals surface area contributed by atoms with E-state index in [2.05, 4.69) is 46.2 Å². The van der Waals surface area contributed by atoms with E-state index in [0.29, 0.717) is 31.6 Å². The maximum absolute atomic E-state index is 4.72. The number of rotatable bonds is 8. The van der Waals surface area contributed by atoms with Crippen LogP contribution < -0.4 is 10.7 Å². The maximum atomic E-state index is 4.72. The van der Waals surface area contributed by atoms with E-state index in [9.17, 15) is 0 Å². The van der Waals surface area contributed by atoms with Gasteiger partial charge in [-0.1, -0.05) is 6.58 Å². The highest BCUT2D eigenvalue weighted by Gasteiger charge is 2.12.